The molecule has 0 amide bonds. The van der Waals surface area contributed by atoms with Gasteiger partial charge in [-0.2, -0.15) is 0 Å². The van der Waals surface area contributed by atoms with Gasteiger partial charge < -0.3 is 10.1 Å². The molecule has 2 heterocycles. The molecule has 1 N–H and O–H groups in total. The van der Waals surface area contributed by atoms with Crippen LogP contribution in [0.2, 0.25) is 0 Å². The van der Waals surface area contributed by atoms with Crippen molar-refractivity contribution in [1.29, 1.82) is 0 Å². The molecule has 1 aliphatic heterocycles. The number of rotatable bonds is 6. The first-order valence-corrected chi connectivity index (χ1v) is 9.59. The van der Waals surface area contributed by atoms with Crippen molar-refractivity contribution in [2.45, 2.75) is 70.4 Å². The normalized spacial score (nSPS) is 24.7. The number of ether oxygens (including phenoxy) is 1. The minimum Gasteiger partial charge on any atom is -0.375 e. The van der Waals surface area contributed by atoms with E-state index in [4.69, 9.17) is 4.74 Å². The number of thiophene rings is 1. The summed E-state index contributed by atoms with van der Waals surface area (Å²) in [5.41, 5.74) is 1.80. The molecule has 0 bridgehead atoms. The SMILES string of the molecule is CCc1ccsc1CNCC[C@@H]1CCOC2(CCCC2)C1. The Morgan fingerprint density at radius 1 is 1.38 bits per heavy atom. The molecule has 1 spiro atoms. The smallest absolute Gasteiger partial charge is 0.0685 e. The number of hydrogen-bond donors (Lipinski definition) is 1. The molecule has 0 radical (unpaired) electrons. The maximum atomic E-state index is 6.13. The van der Waals surface area contributed by atoms with Crippen LogP contribution < -0.4 is 5.32 Å². The largest absolute Gasteiger partial charge is 0.375 e. The van der Waals surface area contributed by atoms with Crippen LogP contribution in [0.1, 0.15) is 62.3 Å². The number of hydrogen-bond acceptors (Lipinski definition) is 3. The van der Waals surface area contributed by atoms with Gasteiger partial charge in [-0.15, -0.1) is 11.3 Å². The van der Waals surface area contributed by atoms with Crippen molar-refractivity contribution in [3.05, 3.63) is 21.9 Å². The Labute approximate surface area is 133 Å². The molecule has 1 saturated heterocycles. The zero-order valence-electron chi connectivity index (χ0n) is 13.3. The molecular weight excluding hydrogens is 278 g/mol. The van der Waals surface area contributed by atoms with Crippen LogP contribution in [0, 0.1) is 5.92 Å². The lowest BCUT2D eigenvalue weighted by Crippen LogP contribution is -2.38. The summed E-state index contributed by atoms with van der Waals surface area (Å²) >= 11 is 1.89. The third kappa shape index (κ3) is 3.88. The molecule has 2 aliphatic rings. The summed E-state index contributed by atoms with van der Waals surface area (Å²) in [6, 6.07) is 2.27. The minimum atomic E-state index is 0.284. The van der Waals surface area contributed by atoms with Gasteiger partial charge in [0.1, 0.15) is 0 Å². The average molecular weight is 308 g/mol. The fraction of sp³-hybridized carbons (Fsp3) is 0.778. The number of aryl methyl sites for hydroxylation is 1. The van der Waals surface area contributed by atoms with E-state index in [1.54, 1.807) is 0 Å². The summed E-state index contributed by atoms with van der Waals surface area (Å²) < 4.78 is 6.13. The first kappa shape index (κ1) is 15.5. The highest BCUT2D eigenvalue weighted by molar-refractivity contribution is 7.10. The molecule has 0 unspecified atom stereocenters. The van der Waals surface area contributed by atoms with Gasteiger partial charge in [0.25, 0.3) is 0 Å². The molecule has 1 aliphatic carbocycles. The Hall–Kier alpha value is -0.380. The van der Waals surface area contributed by atoms with Crippen molar-refractivity contribution >= 4 is 11.3 Å². The van der Waals surface area contributed by atoms with Crippen molar-refractivity contribution in [2.75, 3.05) is 13.2 Å². The second-order valence-electron chi connectivity index (χ2n) is 6.79. The fourth-order valence-corrected chi connectivity index (χ4v) is 5.03. The van der Waals surface area contributed by atoms with E-state index in [0.717, 1.165) is 32.0 Å². The molecule has 3 rings (SSSR count). The van der Waals surface area contributed by atoms with Gasteiger partial charge in [0, 0.05) is 18.0 Å². The van der Waals surface area contributed by atoms with Crippen LogP contribution in [0.4, 0.5) is 0 Å². The molecule has 1 saturated carbocycles. The van der Waals surface area contributed by atoms with Crippen molar-refractivity contribution in [1.82, 2.24) is 5.32 Å². The molecule has 3 heteroatoms. The quantitative estimate of drug-likeness (QED) is 0.780. The molecule has 2 nitrogen and oxygen atoms in total. The van der Waals surface area contributed by atoms with E-state index in [2.05, 4.69) is 23.7 Å². The third-order valence-corrected chi connectivity index (χ3v) is 6.31. The van der Waals surface area contributed by atoms with E-state index in [1.807, 2.05) is 11.3 Å². The van der Waals surface area contributed by atoms with Crippen LogP contribution in [0.3, 0.4) is 0 Å². The van der Waals surface area contributed by atoms with E-state index in [1.165, 1.54) is 55.4 Å². The summed E-state index contributed by atoms with van der Waals surface area (Å²) in [5.74, 6) is 0.873. The molecular formula is C18H29NOS. The predicted octanol–water partition coefficient (Wildman–Crippen LogP) is 4.53. The monoisotopic (exact) mass is 307 g/mol. The average Bonchev–Trinajstić information content (AvgIpc) is 3.13. The lowest BCUT2D eigenvalue weighted by Gasteiger charge is -2.38. The Morgan fingerprint density at radius 3 is 3.05 bits per heavy atom. The van der Waals surface area contributed by atoms with Gasteiger partial charge in [0.05, 0.1) is 5.60 Å². The maximum absolute atomic E-state index is 6.13. The van der Waals surface area contributed by atoms with Gasteiger partial charge in [0.15, 0.2) is 0 Å². The fourth-order valence-electron chi connectivity index (χ4n) is 4.09. The van der Waals surface area contributed by atoms with E-state index in [0.29, 0.717) is 0 Å². The van der Waals surface area contributed by atoms with Crippen molar-refractivity contribution in [3.8, 4) is 0 Å². The lowest BCUT2D eigenvalue weighted by atomic mass is 9.83. The summed E-state index contributed by atoms with van der Waals surface area (Å²) in [7, 11) is 0. The third-order valence-electron chi connectivity index (χ3n) is 5.34. The van der Waals surface area contributed by atoms with Gasteiger partial charge in [-0.3, -0.25) is 0 Å². The molecule has 1 aromatic rings. The van der Waals surface area contributed by atoms with E-state index in [9.17, 15) is 0 Å². The van der Waals surface area contributed by atoms with E-state index < -0.39 is 0 Å². The first-order valence-electron chi connectivity index (χ1n) is 8.71. The standard InChI is InChI=1S/C18H29NOS/c1-2-16-7-12-21-17(16)14-19-10-5-15-6-11-20-18(13-15)8-3-4-9-18/h7,12,15,19H,2-6,8-11,13-14H2,1H3/t15-/m1/s1. The van der Waals surface area contributed by atoms with Crippen LogP contribution in [0.25, 0.3) is 0 Å². The van der Waals surface area contributed by atoms with Crippen LogP contribution in [-0.4, -0.2) is 18.8 Å². The zero-order chi connectivity index (χ0) is 14.5. The maximum Gasteiger partial charge on any atom is 0.0685 e. The minimum absolute atomic E-state index is 0.284. The second-order valence-corrected chi connectivity index (χ2v) is 7.79. The van der Waals surface area contributed by atoms with E-state index in [-0.39, 0.29) is 5.60 Å². The topological polar surface area (TPSA) is 21.3 Å². The summed E-state index contributed by atoms with van der Waals surface area (Å²) in [4.78, 5) is 1.52. The highest BCUT2D eigenvalue weighted by atomic mass is 32.1. The first-order chi connectivity index (χ1) is 10.3. The highest BCUT2D eigenvalue weighted by Crippen LogP contribution is 2.42. The second kappa shape index (κ2) is 7.26. The Kier molecular flexibility index (Phi) is 5.36. The molecule has 2 fully saturated rings. The van der Waals surface area contributed by atoms with Gasteiger partial charge >= 0.3 is 0 Å². The van der Waals surface area contributed by atoms with Gasteiger partial charge in [-0.25, -0.2) is 0 Å². The van der Waals surface area contributed by atoms with Crippen LogP contribution >= 0.6 is 11.3 Å². The van der Waals surface area contributed by atoms with Gasteiger partial charge in [-0.1, -0.05) is 19.8 Å². The highest BCUT2D eigenvalue weighted by Gasteiger charge is 2.39. The van der Waals surface area contributed by atoms with Crippen molar-refractivity contribution in [3.63, 3.8) is 0 Å². The van der Waals surface area contributed by atoms with Crippen molar-refractivity contribution < 1.29 is 4.74 Å². The van der Waals surface area contributed by atoms with Gasteiger partial charge in [0.2, 0.25) is 0 Å². The molecule has 0 aromatic carbocycles. The lowest BCUT2D eigenvalue weighted by molar-refractivity contribution is -0.0934. The molecule has 1 aromatic heterocycles. The van der Waals surface area contributed by atoms with Crippen LogP contribution in [-0.2, 0) is 17.7 Å². The Morgan fingerprint density at radius 2 is 2.24 bits per heavy atom. The molecule has 118 valence electrons. The Bertz CT molecular complexity index is 436. The zero-order valence-corrected chi connectivity index (χ0v) is 14.1. The van der Waals surface area contributed by atoms with E-state index >= 15 is 0 Å². The summed E-state index contributed by atoms with van der Waals surface area (Å²) in [5, 5.41) is 5.88. The van der Waals surface area contributed by atoms with Gasteiger partial charge in [-0.05, 0) is 68.0 Å². The van der Waals surface area contributed by atoms with Crippen LogP contribution in [0.5, 0.6) is 0 Å². The molecule has 1 atom stereocenters. The summed E-state index contributed by atoms with van der Waals surface area (Å²) in [6.45, 7) is 5.45. The number of nitrogens with one attached hydrogen (secondary N) is 1. The summed E-state index contributed by atoms with van der Waals surface area (Å²) in [6.07, 6.45) is 10.4. The Balaban J connectivity index is 1.39. The predicted molar refractivity (Wildman–Crippen MR) is 89.9 cm³/mol. The molecule has 21 heavy (non-hydrogen) atoms. The van der Waals surface area contributed by atoms with Crippen LogP contribution in [0.15, 0.2) is 11.4 Å². The van der Waals surface area contributed by atoms with Crippen molar-refractivity contribution in [2.24, 2.45) is 5.92 Å².